The fraction of sp³-hybridized carbons (Fsp3) is 0.588. The smallest absolute Gasteiger partial charge is 0.325 e. The summed E-state index contributed by atoms with van der Waals surface area (Å²) in [6.07, 6.45) is 1.12. The lowest BCUT2D eigenvalue weighted by molar-refractivity contribution is -0.144. The Hall–Kier alpha value is -1.30. The summed E-state index contributed by atoms with van der Waals surface area (Å²) in [5.74, 6) is -0.246. The van der Waals surface area contributed by atoms with Gasteiger partial charge in [0.1, 0.15) is 11.8 Å². The molecule has 128 valence electrons. The molecule has 0 radical (unpaired) electrons. The maximum Gasteiger partial charge on any atom is 0.325 e. The molecule has 1 aliphatic heterocycles. The molecule has 0 bridgehead atoms. The maximum atomic E-state index is 11.8. The number of benzene rings is 1. The van der Waals surface area contributed by atoms with E-state index < -0.39 is 12.0 Å². The number of nitrogens with zero attached hydrogens (tertiary/aromatic N) is 2. The molecule has 1 fully saturated rings. The fourth-order valence-corrected chi connectivity index (χ4v) is 3.27. The van der Waals surface area contributed by atoms with Crippen LogP contribution < -0.4 is 4.74 Å². The first-order valence-corrected chi connectivity index (χ1v) is 8.56. The van der Waals surface area contributed by atoms with Crippen LogP contribution in [0.2, 0.25) is 5.02 Å². The van der Waals surface area contributed by atoms with Crippen molar-refractivity contribution in [2.45, 2.75) is 26.3 Å². The summed E-state index contributed by atoms with van der Waals surface area (Å²) in [7, 11) is 0. The lowest BCUT2D eigenvalue weighted by Crippen LogP contribution is -2.49. The van der Waals surface area contributed by atoms with E-state index >= 15 is 0 Å². The van der Waals surface area contributed by atoms with E-state index in [1.165, 1.54) is 0 Å². The van der Waals surface area contributed by atoms with Crippen molar-refractivity contribution in [2.24, 2.45) is 0 Å². The number of carboxylic acid groups (broad SMARTS) is 1. The summed E-state index contributed by atoms with van der Waals surface area (Å²) < 4.78 is 5.42. The van der Waals surface area contributed by atoms with Crippen molar-refractivity contribution in [3.63, 3.8) is 0 Å². The molecule has 1 aromatic carbocycles. The molecule has 1 atom stereocenters. The van der Waals surface area contributed by atoms with Crippen LogP contribution in [0.5, 0.6) is 5.75 Å². The zero-order valence-corrected chi connectivity index (χ0v) is 14.6. The van der Waals surface area contributed by atoms with E-state index in [0.29, 0.717) is 22.9 Å². The Bertz CT molecular complexity index is 531. The first kappa shape index (κ1) is 18.0. The van der Waals surface area contributed by atoms with Gasteiger partial charge in [0, 0.05) is 26.2 Å². The van der Waals surface area contributed by atoms with Crippen LogP contribution in [0.15, 0.2) is 18.2 Å². The van der Waals surface area contributed by atoms with Crippen molar-refractivity contribution >= 4 is 17.6 Å². The summed E-state index contributed by atoms with van der Waals surface area (Å²) in [4.78, 5) is 16.2. The minimum absolute atomic E-state index is 0.459. The Kier molecular flexibility index (Phi) is 6.69. The minimum atomic E-state index is -0.839. The average molecular weight is 341 g/mol. The van der Waals surface area contributed by atoms with Crippen molar-refractivity contribution in [3.8, 4) is 5.75 Å². The molecule has 5 nitrogen and oxygen atoms in total. The number of halogens is 1. The van der Waals surface area contributed by atoms with Gasteiger partial charge in [-0.1, -0.05) is 24.6 Å². The predicted molar refractivity (Wildman–Crippen MR) is 91.3 cm³/mol. The Labute approximate surface area is 142 Å². The molecule has 1 aromatic rings. The maximum absolute atomic E-state index is 11.8. The van der Waals surface area contributed by atoms with Gasteiger partial charge in [0.2, 0.25) is 0 Å². The lowest BCUT2D eigenvalue weighted by Gasteiger charge is -2.37. The Morgan fingerprint density at radius 2 is 2.00 bits per heavy atom. The molecule has 1 saturated heterocycles. The zero-order chi connectivity index (χ0) is 16.8. The highest BCUT2D eigenvalue weighted by atomic mass is 35.5. The van der Waals surface area contributed by atoms with Gasteiger partial charge in [-0.05, 0) is 37.6 Å². The number of carboxylic acids is 1. The molecule has 1 heterocycles. The van der Waals surface area contributed by atoms with Crippen LogP contribution in [0.3, 0.4) is 0 Å². The lowest BCUT2D eigenvalue weighted by atomic mass is 10.0. The number of piperazine rings is 1. The van der Waals surface area contributed by atoms with E-state index in [9.17, 15) is 9.90 Å². The first-order valence-electron chi connectivity index (χ1n) is 8.18. The van der Waals surface area contributed by atoms with E-state index in [-0.39, 0.29) is 0 Å². The second-order valence-corrected chi connectivity index (χ2v) is 6.15. The van der Waals surface area contributed by atoms with Gasteiger partial charge in [-0.3, -0.25) is 9.69 Å². The third-order valence-electron chi connectivity index (χ3n) is 4.12. The van der Waals surface area contributed by atoms with Crippen LogP contribution in [0.4, 0.5) is 0 Å². The topological polar surface area (TPSA) is 53.0 Å². The summed E-state index contributed by atoms with van der Waals surface area (Å²) >= 11 is 6.22. The highest BCUT2D eigenvalue weighted by Gasteiger charge is 2.30. The van der Waals surface area contributed by atoms with Crippen LogP contribution in [0, 0.1) is 0 Å². The summed E-state index contributed by atoms with van der Waals surface area (Å²) in [6, 6.07) is 4.61. The van der Waals surface area contributed by atoms with Crippen molar-refractivity contribution in [3.05, 3.63) is 28.8 Å². The second kappa shape index (κ2) is 8.52. The van der Waals surface area contributed by atoms with Crippen molar-refractivity contribution in [1.82, 2.24) is 9.80 Å². The van der Waals surface area contributed by atoms with Crippen molar-refractivity contribution < 1.29 is 14.6 Å². The van der Waals surface area contributed by atoms with Crippen LogP contribution in [0.25, 0.3) is 0 Å². The van der Waals surface area contributed by atoms with Crippen LogP contribution in [0.1, 0.15) is 31.9 Å². The number of ether oxygens (including phenoxy) is 1. The molecule has 1 aliphatic rings. The predicted octanol–water partition coefficient (Wildman–Crippen LogP) is 2.89. The Morgan fingerprint density at radius 1 is 1.30 bits per heavy atom. The van der Waals surface area contributed by atoms with E-state index in [4.69, 9.17) is 16.3 Å². The molecule has 0 amide bonds. The highest BCUT2D eigenvalue weighted by molar-refractivity contribution is 6.32. The molecular weight excluding hydrogens is 316 g/mol. The monoisotopic (exact) mass is 340 g/mol. The van der Waals surface area contributed by atoms with Gasteiger partial charge in [0.15, 0.2) is 0 Å². The SMILES string of the molecule is CCCN1CCN(C(C(=O)O)c2ccc(OCC)c(Cl)c2)CC1. The van der Waals surface area contributed by atoms with E-state index in [1.807, 2.05) is 11.8 Å². The average Bonchev–Trinajstić information content (AvgIpc) is 2.52. The number of hydrogen-bond acceptors (Lipinski definition) is 4. The molecule has 6 heteroatoms. The van der Waals surface area contributed by atoms with Crippen LogP contribution >= 0.6 is 11.6 Å². The summed E-state index contributed by atoms with van der Waals surface area (Å²) in [5, 5.41) is 10.1. The Balaban J connectivity index is 2.13. The largest absolute Gasteiger partial charge is 0.492 e. The standard InChI is InChI=1S/C17H25ClN2O3/c1-3-7-19-8-10-20(11-9-19)16(17(21)22)13-5-6-15(23-4-2)14(18)12-13/h5-6,12,16H,3-4,7-11H2,1-2H3,(H,21,22). The van der Waals surface area contributed by atoms with Crippen LogP contribution in [-0.4, -0.2) is 60.2 Å². The highest BCUT2D eigenvalue weighted by Crippen LogP contribution is 2.31. The van der Waals surface area contributed by atoms with Crippen LogP contribution in [-0.2, 0) is 4.79 Å². The van der Waals surface area contributed by atoms with Gasteiger partial charge in [-0.2, -0.15) is 0 Å². The molecule has 1 N–H and O–H groups in total. The fourth-order valence-electron chi connectivity index (χ4n) is 3.03. The van der Waals surface area contributed by atoms with Gasteiger partial charge in [-0.15, -0.1) is 0 Å². The normalized spacial score (nSPS) is 17.9. The van der Waals surface area contributed by atoms with Gasteiger partial charge in [-0.25, -0.2) is 0 Å². The van der Waals surface area contributed by atoms with Gasteiger partial charge < -0.3 is 14.7 Å². The molecule has 0 saturated carbocycles. The minimum Gasteiger partial charge on any atom is -0.492 e. The number of rotatable bonds is 7. The third-order valence-corrected chi connectivity index (χ3v) is 4.41. The third kappa shape index (κ3) is 4.59. The zero-order valence-electron chi connectivity index (χ0n) is 13.8. The van der Waals surface area contributed by atoms with Gasteiger partial charge >= 0.3 is 5.97 Å². The Morgan fingerprint density at radius 3 is 2.52 bits per heavy atom. The summed E-state index contributed by atoms with van der Waals surface area (Å²) in [6.45, 7) is 8.96. The quantitative estimate of drug-likeness (QED) is 0.827. The molecule has 1 unspecified atom stereocenters. The van der Waals surface area contributed by atoms with Crippen molar-refractivity contribution in [2.75, 3.05) is 39.3 Å². The molecule has 0 spiro atoms. The first-order chi connectivity index (χ1) is 11.1. The molecule has 2 rings (SSSR count). The van der Waals surface area contributed by atoms with E-state index in [1.54, 1.807) is 18.2 Å². The molecular formula is C17H25ClN2O3. The van der Waals surface area contributed by atoms with E-state index in [2.05, 4.69) is 11.8 Å². The van der Waals surface area contributed by atoms with Crippen molar-refractivity contribution in [1.29, 1.82) is 0 Å². The van der Waals surface area contributed by atoms with Gasteiger partial charge in [0.25, 0.3) is 0 Å². The molecule has 0 aliphatic carbocycles. The number of hydrogen-bond donors (Lipinski definition) is 1. The number of aliphatic carboxylic acids is 1. The number of carbonyl (C=O) groups is 1. The molecule has 23 heavy (non-hydrogen) atoms. The summed E-state index contributed by atoms with van der Waals surface area (Å²) in [5.41, 5.74) is 0.704. The van der Waals surface area contributed by atoms with E-state index in [0.717, 1.165) is 39.1 Å². The van der Waals surface area contributed by atoms with Gasteiger partial charge in [0.05, 0.1) is 11.6 Å². The molecule has 0 aromatic heterocycles. The second-order valence-electron chi connectivity index (χ2n) is 5.74.